The van der Waals surface area contributed by atoms with E-state index in [1.54, 1.807) is 6.08 Å². The lowest BCUT2D eigenvalue weighted by Crippen LogP contribution is -2.36. The smallest absolute Gasteiger partial charge is 0.0894 e. The van der Waals surface area contributed by atoms with Crippen LogP contribution in [0.1, 0.15) is 32.6 Å². The minimum Gasteiger partial charge on any atom is -0.395 e. The molecule has 78 valence electrons. The zero-order chi connectivity index (χ0) is 10.1. The molecule has 0 saturated carbocycles. The van der Waals surface area contributed by atoms with E-state index in [9.17, 15) is 5.11 Å². The molecule has 2 atom stereocenters. The molecule has 0 heterocycles. The van der Waals surface area contributed by atoms with Gasteiger partial charge in [-0.2, -0.15) is 0 Å². The minimum atomic E-state index is -0.716. The molecule has 0 rings (SSSR count). The molecule has 0 spiro atoms. The Bertz CT molecular complexity index is 137. The fourth-order valence-corrected chi connectivity index (χ4v) is 0.999. The van der Waals surface area contributed by atoms with E-state index in [0.29, 0.717) is 0 Å². The van der Waals surface area contributed by atoms with Gasteiger partial charge in [-0.1, -0.05) is 31.9 Å². The number of hydrogen-bond acceptors (Lipinski definition) is 3. The molecule has 0 amide bonds. The first-order valence-electron chi connectivity index (χ1n) is 4.93. The Morgan fingerprint density at radius 1 is 1.38 bits per heavy atom. The average Bonchev–Trinajstić information content (AvgIpc) is 2.16. The number of allylic oxidation sites excluding steroid dienone is 1. The zero-order valence-corrected chi connectivity index (χ0v) is 8.32. The van der Waals surface area contributed by atoms with Crippen LogP contribution < -0.4 is 5.73 Å². The van der Waals surface area contributed by atoms with Crippen LogP contribution >= 0.6 is 0 Å². The van der Waals surface area contributed by atoms with Crippen molar-refractivity contribution in [3.05, 3.63) is 12.2 Å². The second kappa shape index (κ2) is 8.23. The van der Waals surface area contributed by atoms with Crippen molar-refractivity contribution in [3.63, 3.8) is 0 Å². The van der Waals surface area contributed by atoms with Gasteiger partial charge in [0.05, 0.1) is 18.8 Å². The predicted molar refractivity (Wildman–Crippen MR) is 54.4 cm³/mol. The minimum absolute atomic E-state index is 0.180. The summed E-state index contributed by atoms with van der Waals surface area (Å²) in [6.07, 6.45) is 7.41. The average molecular weight is 187 g/mol. The van der Waals surface area contributed by atoms with Gasteiger partial charge in [-0.05, 0) is 12.8 Å². The fraction of sp³-hybridized carbons (Fsp3) is 0.800. The third-order valence-electron chi connectivity index (χ3n) is 1.96. The Hall–Kier alpha value is -0.380. The van der Waals surface area contributed by atoms with E-state index in [1.807, 2.05) is 6.08 Å². The van der Waals surface area contributed by atoms with Gasteiger partial charge >= 0.3 is 0 Å². The Morgan fingerprint density at radius 3 is 2.62 bits per heavy atom. The molecule has 0 aliphatic heterocycles. The highest BCUT2D eigenvalue weighted by atomic mass is 16.3. The van der Waals surface area contributed by atoms with E-state index >= 15 is 0 Å². The quantitative estimate of drug-likeness (QED) is 0.408. The van der Waals surface area contributed by atoms with Crippen molar-refractivity contribution in [1.82, 2.24) is 0 Å². The van der Waals surface area contributed by atoms with Crippen molar-refractivity contribution < 1.29 is 10.2 Å². The molecular formula is C10H21NO2. The first-order valence-corrected chi connectivity index (χ1v) is 4.93. The van der Waals surface area contributed by atoms with Gasteiger partial charge in [-0.25, -0.2) is 0 Å². The molecule has 0 aromatic rings. The van der Waals surface area contributed by atoms with Crippen molar-refractivity contribution >= 4 is 0 Å². The van der Waals surface area contributed by atoms with Crippen molar-refractivity contribution in [2.24, 2.45) is 5.73 Å². The van der Waals surface area contributed by atoms with Gasteiger partial charge in [-0.3, -0.25) is 0 Å². The third-order valence-corrected chi connectivity index (χ3v) is 1.96. The third kappa shape index (κ3) is 6.75. The zero-order valence-electron chi connectivity index (χ0n) is 8.32. The normalized spacial score (nSPS) is 16.3. The Labute approximate surface area is 80.3 Å². The van der Waals surface area contributed by atoms with Crippen molar-refractivity contribution in [2.75, 3.05) is 6.61 Å². The largest absolute Gasteiger partial charge is 0.395 e. The lowest BCUT2D eigenvalue weighted by atomic mass is 10.1. The van der Waals surface area contributed by atoms with Gasteiger partial charge in [0.1, 0.15) is 0 Å². The topological polar surface area (TPSA) is 66.5 Å². The monoisotopic (exact) mass is 187 g/mol. The standard InChI is InChI=1S/C10H21NO2/c1-2-3-4-5-6-7-10(13)9(11)8-12/h6-7,9-10,12-13H,2-5,8,11H2,1H3/b7-6+. The van der Waals surface area contributed by atoms with Gasteiger partial charge in [0.2, 0.25) is 0 Å². The maximum atomic E-state index is 9.30. The highest BCUT2D eigenvalue weighted by molar-refractivity contribution is 4.93. The van der Waals surface area contributed by atoms with E-state index in [2.05, 4.69) is 6.92 Å². The van der Waals surface area contributed by atoms with E-state index in [1.165, 1.54) is 12.8 Å². The molecule has 0 radical (unpaired) electrons. The Kier molecular flexibility index (Phi) is 7.99. The molecular weight excluding hydrogens is 166 g/mol. The van der Waals surface area contributed by atoms with Gasteiger partial charge in [0.25, 0.3) is 0 Å². The maximum Gasteiger partial charge on any atom is 0.0894 e. The lowest BCUT2D eigenvalue weighted by Gasteiger charge is -2.11. The number of aliphatic hydroxyl groups is 2. The Balaban J connectivity index is 3.47. The second-order valence-electron chi connectivity index (χ2n) is 3.26. The van der Waals surface area contributed by atoms with Crippen LogP contribution in [-0.2, 0) is 0 Å². The second-order valence-corrected chi connectivity index (χ2v) is 3.26. The molecule has 0 fully saturated rings. The number of aliphatic hydroxyl groups excluding tert-OH is 2. The van der Waals surface area contributed by atoms with Crippen LogP contribution in [0.3, 0.4) is 0 Å². The van der Waals surface area contributed by atoms with Gasteiger partial charge < -0.3 is 15.9 Å². The molecule has 0 aliphatic carbocycles. The molecule has 3 heteroatoms. The summed E-state index contributed by atoms with van der Waals surface area (Å²) in [4.78, 5) is 0. The first kappa shape index (κ1) is 12.6. The van der Waals surface area contributed by atoms with Crippen molar-refractivity contribution in [2.45, 2.75) is 44.8 Å². The number of hydrogen-bond donors (Lipinski definition) is 3. The Morgan fingerprint density at radius 2 is 2.08 bits per heavy atom. The summed E-state index contributed by atoms with van der Waals surface area (Å²) in [6.45, 7) is 1.97. The van der Waals surface area contributed by atoms with Crippen molar-refractivity contribution in [3.8, 4) is 0 Å². The number of nitrogens with two attached hydrogens (primary N) is 1. The van der Waals surface area contributed by atoms with Crippen LogP contribution in [-0.4, -0.2) is 29.0 Å². The molecule has 2 unspecified atom stereocenters. The van der Waals surface area contributed by atoms with Gasteiger partial charge in [0, 0.05) is 0 Å². The van der Waals surface area contributed by atoms with E-state index in [4.69, 9.17) is 10.8 Å². The molecule has 0 bridgehead atoms. The van der Waals surface area contributed by atoms with Gasteiger partial charge in [0.15, 0.2) is 0 Å². The van der Waals surface area contributed by atoms with Crippen LogP contribution in [0.25, 0.3) is 0 Å². The molecule has 3 nitrogen and oxygen atoms in total. The summed E-state index contributed by atoms with van der Waals surface area (Å²) in [5, 5.41) is 17.9. The van der Waals surface area contributed by atoms with E-state index in [0.717, 1.165) is 12.8 Å². The van der Waals surface area contributed by atoms with Crippen LogP contribution in [0, 0.1) is 0 Å². The molecule has 0 aliphatic rings. The summed E-state index contributed by atoms with van der Waals surface area (Å²) in [7, 11) is 0. The van der Waals surface area contributed by atoms with E-state index < -0.39 is 12.1 Å². The molecule has 4 N–H and O–H groups in total. The van der Waals surface area contributed by atoms with Crippen LogP contribution in [0.4, 0.5) is 0 Å². The lowest BCUT2D eigenvalue weighted by molar-refractivity contribution is 0.144. The molecule has 13 heavy (non-hydrogen) atoms. The summed E-state index contributed by atoms with van der Waals surface area (Å²) in [6, 6.07) is -0.553. The van der Waals surface area contributed by atoms with Crippen LogP contribution in [0.15, 0.2) is 12.2 Å². The summed E-state index contributed by atoms with van der Waals surface area (Å²) >= 11 is 0. The first-order chi connectivity index (χ1) is 6.22. The summed E-state index contributed by atoms with van der Waals surface area (Å²) in [5.74, 6) is 0. The van der Waals surface area contributed by atoms with Gasteiger partial charge in [-0.15, -0.1) is 0 Å². The number of rotatable bonds is 7. The molecule has 0 saturated heterocycles. The summed E-state index contributed by atoms with van der Waals surface area (Å²) in [5.41, 5.74) is 5.41. The van der Waals surface area contributed by atoms with Crippen molar-refractivity contribution in [1.29, 1.82) is 0 Å². The van der Waals surface area contributed by atoms with E-state index in [-0.39, 0.29) is 6.61 Å². The fourth-order valence-electron chi connectivity index (χ4n) is 0.999. The predicted octanol–water partition coefficient (Wildman–Crippen LogP) is 0.803. The molecule has 0 aromatic heterocycles. The maximum absolute atomic E-state index is 9.30. The highest BCUT2D eigenvalue weighted by Crippen LogP contribution is 2.01. The highest BCUT2D eigenvalue weighted by Gasteiger charge is 2.08. The molecule has 0 aromatic carbocycles. The summed E-state index contributed by atoms with van der Waals surface area (Å²) < 4.78 is 0. The SMILES string of the molecule is CCCCC/C=C/C(O)C(N)CO. The van der Waals surface area contributed by atoms with Crippen LogP contribution in [0.2, 0.25) is 0 Å². The number of unbranched alkanes of at least 4 members (excludes halogenated alkanes) is 3. The van der Waals surface area contributed by atoms with Crippen LogP contribution in [0.5, 0.6) is 0 Å².